The lowest BCUT2D eigenvalue weighted by Crippen LogP contribution is -2.35. The number of fused-ring (bicyclic) bond motifs is 1. The van der Waals surface area contributed by atoms with E-state index in [-0.39, 0.29) is 0 Å². The van der Waals surface area contributed by atoms with Crippen molar-refractivity contribution in [2.24, 2.45) is 0 Å². The summed E-state index contributed by atoms with van der Waals surface area (Å²) < 4.78 is 0. The predicted octanol–water partition coefficient (Wildman–Crippen LogP) is 2.59. The quantitative estimate of drug-likeness (QED) is 0.843. The highest BCUT2D eigenvalue weighted by molar-refractivity contribution is 5.83. The van der Waals surface area contributed by atoms with Gasteiger partial charge in [-0.05, 0) is 50.6 Å². The largest absolute Gasteiger partial charge is 0.312 e. The standard InChI is InChI=1S/C18H27N3/c1-19-18(14-21(4)12-11-20(2)3)17-10-9-15-7-5-6-8-16(15)13-17/h5-10,13,18-19H,11-12,14H2,1-4H3. The minimum absolute atomic E-state index is 0.363. The first-order valence-corrected chi connectivity index (χ1v) is 7.59. The number of rotatable bonds is 7. The number of hydrogen-bond donors (Lipinski definition) is 1. The fraction of sp³-hybridized carbons (Fsp3) is 0.444. The summed E-state index contributed by atoms with van der Waals surface area (Å²) in [4.78, 5) is 4.61. The Morgan fingerprint density at radius 2 is 1.67 bits per heavy atom. The van der Waals surface area contributed by atoms with Gasteiger partial charge in [0, 0.05) is 25.7 Å². The topological polar surface area (TPSA) is 18.5 Å². The van der Waals surface area contributed by atoms with Crippen LogP contribution in [0.25, 0.3) is 10.8 Å². The molecule has 1 atom stereocenters. The Labute approximate surface area is 128 Å². The van der Waals surface area contributed by atoms with Gasteiger partial charge in [0.15, 0.2) is 0 Å². The molecule has 0 aliphatic rings. The molecule has 2 rings (SSSR count). The van der Waals surface area contributed by atoms with E-state index >= 15 is 0 Å². The second-order valence-corrected chi connectivity index (χ2v) is 6.01. The van der Waals surface area contributed by atoms with Crippen molar-refractivity contribution in [3.63, 3.8) is 0 Å². The maximum atomic E-state index is 3.45. The summed E-state index contributed by atoms with van der Waals surface area (Å²) in [6, 6.07) is 15.7. The lowest BCUT2D eigenvalue weighted by molar-refractivity contribution is 0.260. The van der Waals surface area contributed by atoms with E-state index in [2.05, 4.69) is 78.7 Å². The zero-order chi connectivity index (χ0) is 15.2. The maximum absolute atomic E-state index is 3.45. The average molecular weight is 285 g/mol. The van der Waals surface area contributed by atoms with Crippen LogP contribution in [-0.2, 0) is 0 Å². The van der Waals surface area contributed by atoms with Crippen LogP contribution < -0.4 is 5.32 Å². The second-order valence-electron chi connectivity index (χ2n) is 6.01. The van der Waals surface area contributed by atoms with Crippen LogP contribution in [0.2, 0.25) is 0 Å². The summed E-state index contributed by atoms with van der Waals surface area (Å²) in [7, 11) is 8.47. The molecular weight excluding hydrogens is 258 g/mol. The summed E-state index contributed by atoms with van der Waals surface area (Å²) in [6.07, 6.45) is 0. The molecule has 0 aliphatic carbocycles. The Kier molecular flexibility index (Phi) is 5.74. The summed E-state index contributed by atoms with van der Waals surface area (Å²) in [5, 5.41) is 6.06. The number of benzene rings is 2. The fourth-order valence-corrected chi connectivity index (χ4v) is 2.56. The Bertz CT molecular complexity index is 565. The number of likely N-dealkylation sites (N-methyl/N-ethyl adjacent to an activating group) is 3. The molecule has 0 aliphatic heterocycles. The van der Waals surface area contributed by atoms with Crippen molar-refractivity contribution in [3.8, 4) is 0 Å². The Hall–Kier alpha value is -1.42. The van der Waals surface area contributed by atoms with Crippen molar-refractivity contribution < 1.29 is 0 Å². The van der Waals surface area contributed by atoms with E-state index < -0.39 is 0 Å². The highest BCUT2D eigenvalue weighted by atomic mass is 15.2. The molecule has 114 valence electrons. The van der Waals surface area contributed by atoms with Gasteiger partial charge in [-0.3, -0.25) is 0 Å². The first-order chi connectivity index (χ1) is 10.1. The predicted molar refractivity (Wildman–Crippen MR) is 91.8 cm³/mol. The fourth-order valence-electron chi connectivity index (χ4n) is 2.56. The molecule has 21 heavy (non-hydrogen) atoms. The molecule has 0 spiro atoms. The average Bonchev–Trinajstić information content (AvgIpc) is 2.50. The van der Waals surface area contributed by atoms with Crippen LogP contribution >= 0.6 is 0 Å². The molecular formula is C18H27N3. The van der Waals surface area contributed by atoms with Gasteiger partial charge in [-0.15, -0.1) is 0 Å². The third-order valence-corrected chi connectivity index (χ3v) is 3.95. The molecule has 1 N–H and O–H groups in total. The van der Waals surface area contributed by atoms with Gasteiger partial charge < -0.3 is 15.1 Å². The van der Waals surface area contributed by atoms with E-state index in [0.29, 0.717) is 6.04 Å². The number of nitrogens with zero attached hydrogens (tertiary/aromatic N) is 2. The summed E-state index contributed by atoms with van der Waals surface area (Å²) >= 11 is 0. The van der Waals surface area contributed by atoms with Gasteiger partial charge >= 0.3 is 0 Å². The van der Waals surface area contributed by atoms with Gasteiger partial charge in [0.2, 0.25) is 0 Å². The summed E-state index contributed by atoms with van der Waals surface area (Å²) in [5.74, 6) is 0. The van der Waals surface area contributed by atoms with Gasteiger partial charge in [0.25, 0.3) is 0 Å². The summed E-state index contributed by atoms with van der Waals surface area (Å²) in [5.41, 5.74) is 1.35. The van der Waals surface area contributed by atoms with E-state index in [9.17, 15) is 0 Å². The van der Waals surface area contributed by atoms with Crippen LogP contribution in [-0.4, -0.2) is 57.6 Å². The van der Waals surface area contributed by atoms with Crippen LogP contribution in [0.5, 0.6) is 0 Å². The molecule has 0 saturated carbocycles. The molecule has 0 fully saturated rings. The van der Waals surface area contributed by atoms with Crippen LogP contribution in [0.1, 0.15) is 11.6 Å². The third kappa shape index (κ3) is 4.53. The van der Waals surface area contributed by atoms with Crippen molar-refractivity contribution in [1.29, 1.82) is 0 Å². The molecule has 2 aromatic carbocycles. The normalized spacial score (nSPS) is 13.2. The first kappa shape index (κ1) is 16.0. The van der Waals surface area contributed by atoms with Crippen molar-refractivity contribution in [2.45, 2.75) is 6.04 Å². The molecule has 0 aromatic heterocycles. The molecule has 3 nitrogen and oxygen atoms in total. The highest BCUT2D eigenvalue weighted by Crippen LogP contribution is 2.20. The Balaban J connectivity index is 2.08. The van der Waals surface area contributed by atoms with Crippen molar-refractivity contribution in [2.75, 3.05) is 47.8 Å². The zero-order valence-electron chi connectivity index (χ0n) is 13.6. The molecule has 1 unspecified atom stereocenters. The Morgan fingerprint density at radius 3 is 2.33 bits per heavy atom. The minimum atomic E-state index is 0.363. The van der Waals surface area contributed by atoms with Gasteiger partial charge in [0.1, 0.15) is 0 Å². The molecule has 0 heterocycles. The van der Waals surface area contributed by atoms with Crippen molar-refractivity contribution in [1.82, 2.24) is 15.1 Å². The van der Waals surface area contributed by atoms with Gasteiger partial charge in [-0.2, -0.15) is 0 Å². The molecule has 0 amide bonds. The maximum Gasteiger partial charge on any atom is 0.0446 e. The third-order valence-electron chi connectivity index (χ3n) is 3.95. The lowest BCUT2D eigenvalue weighted by atomic mass is 10.0. The monoisotopic (exact) mass is 285 g/mol. The van der Waals surface area contributed by atoms with E-state index in [0.717, 1.165) is 19.6 Å². The van der Waals surface area contributed by atoms with E-state index in [4.69, 9.17) is 0 Å². The number of nitrogens with one attached hydrogen (secondary N) is 1. The molecule has 2 aromatic rings. The van der Waals surface area contributed by atoms with Crippen molar-refractivity contribution >= 4 is 10.8 Å². The van der Waals surface area contributed by atoms with Gasteiger partial charge in [-0.25, -0.2) is 0 Å². The van der Waals surface area contributed by atoms with Crippen LogP contribution in [0, 0.1) is 0 Å². The van der Waals surface area contributed by atoms with Crippen LogP contribution in [0.15, 0.2) is 42.5 Å². The smallest absolute Gasteiger partial charge is 0.0446 e. The van der Waals surface area contributed by atoms with Crippen LogP contribution in [0.3, 0.4) is 0 Å². The Morgan fingerprint density at radius 1 is 0.952 bits per heavy atom. The minimum Gasteiger partial charge on any atom is -0.312 e. The summed E-state index contributed by atoms with van der Waals surface area (Å²) in [6.45, 7) is 3.19. The molecule has 3 heteroatoms. The first-order valence-electron chi connectivity index (χ1n) is 7.59. The van der Waals surface area contributed by atoms with E-state index in [1.54, 1.807) is 0 Å². The molecule has 0 bridgehead atoms. The van der Waals surface area contributed by atoms with E-state index in [1.165, 1.54) is 16.3 Å². The highest BCUT2D eigenvalue weighted by Gasteiger charge is 2.12. The molecule has 0 saturated heterocycles. The van der Waals surface area contributed by atoms with Crippen molar-refractivity contribution in [3.05, 3.63) is 48.0 Å². The van der Waals surface area contributed by atoms with Crippen LogP contribution in [0.4, 0.5) is 0 Å². The SMILES string of the molecule is CNC(CN(C)CCN(C)C)c1ccc2ccccc2c1. The van der Waals surface area contributed by atoms with Gasteiger partial charge in [-0.1, -0.05) is 36.4 Å². The van der Waals surface area contributed by atoms with Gasteiger partial charge in [0.05, 0.1) is 0 Å². The second kappa shape index (κ2) is 7.55. The molecule has 0 radical (unpaired) electrons. The zero-order valence-corrected chi connectivity index (χ0v) is 13.6. The van der Waals surface area contributed by atoms with E-state index in [1.807, 2.05) is 7.05 Å². The number of hydrogen-bond acceptors (Lipinski definition) is 3. The lowest BCUT2D eigenvalue weighted by Gasteiger charge is -2.25.